The molecule has 2 amide bonds. The Morgan fingerprint density at radius 1 is 1.20 bits per heavy atom. The van der Waals surface area contributed by atoms with E-state index >= 15 is 0 Å². The summed E-state index contributed by atoms with van der Waals surface area (Å²) in [5.41, 5.74) is -0.293. The first-order valence-corrected chi connectivity index (χ1v) is 7.75. The Kier molecular flexibility index (Phi) is 5.22. The first-order chi connectivity index (χ1) is 9.11. The highest BCUT2D eigenvalue weighted by Crippen LogP contribution is 2.29. The number of hydrogen-bond acceptors (Lipinski definition) is 2. The van der Waals surface area contributed by atoms with Gasteiger partial charge in [-0.15, -0.1) is 0 Å². The number of nitrogens with zero attached hydrogens (tertiary/aromatic N) is 1. The van der Waals surface area contributed by atoms with Crippen molar-refractivity contribution >= 4 is 11.8 Å². The van der Waals surface area contributed by atoms with Crippen LogP contribution in [0.5, 0.6) is 0 Å². The highest BCUT2D eigenvalue weighted by molar-refractivity contribution is 5.97. The van der Waals surface area contributed by atoms with Gasteiger partial charge in [-0.3, -0.25) is 9.59 Å². The molecule has 0 bridgehead atoms. The summed E-state index contributed by atoms with van der Waals surface area (Å²) in [6.07, 6.45) is 1.54. The number of hydrogen-bond donors (Lipinski definition) is 1. The first kappa shape index (κ1) is 17.0. The molecule has 0 aromatic rings. The lowest BCUT2D eigenvalue weighted by Crippen LogP contribution is -2.69. The van der Waals surface area contributed by atoms with E-state index in [9.17, 15) is 9.59 Å². The van der Waals surface area contributed by atoms with Crippen molar-refractivity contribution in [1.82, 2.24) is 10.2 Å². The zero-order valence-electron chi connectivity index (χ0n) is 14.0. The second-order valence-electron chi connectivity index (χ2n) is 7.25. The minimum absolute atomic E-state index is 0.00762. The fourth-order valence-electron chi connectivity index (χ4n) is 2.82. The van der Waals surface area contributed by atoms with E-state index in [1.165, 1.54) is 0 Å². The molecule has 116 valence electrons. The second kappa shape index (κ2) is 6.15. The van der Waals surface area contributed by atoms with Gasteiger partial charge in [-0.05, 0) is 38.5 Å². The van der Waals surface area contributed by atoms with Gasteiger partial charge < -0.3 is 10.2 Å². The van der Waals surface area contributed by atoms with Crippen molar-refractivity contribution in [3.05, 3.63) is 0 Å². The molecule has 0 radical (unpaired) electrons. The Bertz CT molecular complexity index is 375. The molecular formula is C16H30N2O2. The lowest BCUT2D eigenvalue weighted by molar-refractivity contribution is -0.158. The third-order valence-corrected chi connectivity index (χ3v) is 4.25. The molecule has 0 aliphatic carbocycles. The molecule has 4 heteroatoms. The summed E-state index contributed by atoms with van der Waals surface area (Å²) in [5.74, 6) is 0.562. The maximum Gasteiger partial charge on any atom is 0.246 e. The van der Waals surface area contributed by atoms with Gasteiger partial charge in [0.25, 0.3) is 0 Å². The Balaban J connectivity index is 3.14. The van der Waals surface area contributed by atoms with Crippen LogP contribution in [0.4, 0.5) is 0 Å². The summed E-state index contributed by atoms with van der Waals surface area (Å²) in [4.78, 5) is 27.1. The summed E-state index contributed by atoms with van der Waals surface area (Å²) < 4.78 is 0. The van der Waals surface area contributed by atoms with Gasteiger partial charge in [0.05, 0.1) is 0 Å². The van der Waals surface area contributed by atoms with Gasteiger partial charge >= 0.3 is 0 Å². The largest absolute Gasteiger partial charge is 0.342 e. The van der Waals surface area contributed by atoms with Crippen LogP contribution in [0, 0.1) is 11.8 Å². The molecule has 2 atom stereocenters. The maximum absolute atomic E-state index is 12.8. The van der Waals surface area contributed by atoms with Crippen LogP contribution in [0.3, 0.4) is 0 Å². The van der Waals surface area contributed by atoms with Crippen LogP contribution in [0.2, 0.25) is 0 Å². The van der Waals surface area contributed by atoms with Crippen molar-refractivity contribution in [3.8, 4) is 0 Å². The minimum Gasteiger partial charge on any atom is -0.342 e. The Labute approximate surface area is 123 Å². The van der Waals surface area contributed by atoms with E-state index in [4.69, 9.17) is 0 Å². The molecule has 20 heavy (non-hydrogen) atoms. The summed E-state index contributed by atoms with van der Waals surface area (Å²) >= 11 is 0. The molecule has 0 aromatic heterocycles. The lowest BCUT2D eigenvalue weighted by Gasteiger charge is -2.49. The van der Waals surface area contributed by atoms with Gasteiger partial charge in [0.1, 0.15) is 12.1 Å². The number of carbonyl (C=O) groups is 2. The fourth-order valence-corrected chi connectivity index (χ4v) is 2.82. The molecule has 0 aromatic carbocycles. The molecule has 1 aliphatic rings. The predicted molar refractivity (Wildman–Crippen MR) is 81.2 cm³/mol. The highest BCUT2D eigenvalue weighted by atomic mass is 16.2. The van der Waals surface area contributed by atoms with Crippen LogP contribution in [-0.4, -0.2) is 34.3 Å². The number of amides is 2. The summed E-state index contributed by atoms with van der Waals surface area (Å²) in [6.45, 7) is 14.3. The number of nitrogens with one attached hydrogen (secondary N) is 1. The predicted octanol–water partition coefficient (Wildman–Crippen LogP) is 2.57. The van der Waals surface area contributed by atoms with Crippen LogP contribution in [-0.2, 0) is 9.59 Å². The van der Waals surface area contributed by atoms with E-state index in [0.717, 1.165) is 6.42 Å². The van der Waals surface area contributed by atoms with Gasteiger partial charge in [0.2, 0.25) is 11.8 Å². The monoisotopic (exact) mass is 282 g/mol. The van der Waals surface area contributed by atoms with E-state index in [2.05, 4.69) is 26.1 Å². The summed E-state index contributed by atoms with van der Waals surface area (Å²) in [7, 11) is 0. The van der Waals surface area contributed by atoms with Crippen LogP contribution in [0.15, 0.2) is 0 Å². The average Bonchev–Trinajstić information content (AvgIpc) is 2.31. The van der Waals surface area contributed by atoms with Crippen LogP contribution >= 0.6 is 0 Å². The molecule has 1 aliphatic heterocycles. The summed E-state index contributed by atoms with van der Waals surface area (Å²) in [6, 6.07) is -0.732. The molecule has 2 unspecified atom stereocenters. The van der Waals surface area contributed by atoms with Gasteiger partial charge in [-0.25, -0.2) is 0 Å². The van der Waals surface area contributed by atoms with E-state index in [0.29, 0.717) is 12.3 Å². The average molecular weight is 282 g/mol. The first-order valence-electron chi connectivity index (χ1n) is 7.75. The third-order valence-electron chi connectivity index (χ3n) is 4.25. The van der Waals surface area contributed by atoms with Gasteiger partial charge in [0, 0.05) is 5.54 Å². The smallest absolute Gasteiger partial charge is 0.246 e. The zero-order valence-corrected chi connectivity index (χ0v) is 14.0. The standard InChI is InChI=1S/C16H30N2O2/c1-8-16(6,7)18-13(11(4)5)14(19)17-12(15(18)20)9-10(2)3/h10-13H,8-9H2,1-7H3,(H,17,19). The molecule has 0 spiro atoms. The second-order valence-corrected chi connectivity index (χ2v) is 7.25. The highest BCUT2D eigenvalue weighted by Gasteiger charge is 2.47. The molecular weight excluding hydrogens is 252 g/mol. The van der Waals surface area contributed by atoms with Crippen LogP contribution < -0.4 is 5.32 Å². The van der Waals surface area contributed by atoms with Crippen molar-refractivity contribution in [2.45, 2.75) is 78.9 Å². The Morgan fingerprint density at radius 2 is 1.75 bits per heavy atom. The molecule has 0 saturated carbocycles. The van der Waals surface area contributed by atoms with Crippen molar-refractivity contribution in [1.29, 1.82) is 0 Å². The van der Waals surface area contributed by atoms with Crippen LogP contribution in [0.1, 0.15) is 61.3 Å². The molecule has 4 nitrogen and oxygen atoms in total. The lowest BCUT2D eigenvalue weighted by atomic mass is 9.87. The van der Waals surface area contributed by atoms with Crippen molar-refractivity contribution < 1.29 is 9.59 Å². The van der Waals surface area contributed by atoms with Crippen LogP contribution in [0.25, 0.3) is 0 Å². The van der Waals surface area contributed by atoms with Crippen molar-refractivity contribution in [2.75, 3.05) is 0 Å². The number of carbonyl (C=O) groups excluding carboxylic acids is 2. The van der Waals surface area contributed by atoms with Crippen molar-refractivity contribution in [3.63, 3.8) is 0 Å². The molecule has 1 heterocycles. The third kappa shape index (κ3) is 3.33. The Morgan fingerprint density at radius 3 is 2.15 bits per heavy atom. The van der Waals surface area contributed by atoms with Gasteiger partial charge in [-0.1, -0.05) is 34.6 Å². The van der Waals surface area contributed by atoms with Gasteiger partial charge in [-0.2, -0.15) is 0 Å². The number of piperazine rings is 1. The fraction of sp³-hybridized carbons (Fsp3) is 0.875. The molecule has 1 fully saturated rings. The molecule has 1 N–H and O–H groups in total. The van der Waals surface area contributed by atoms with Gasteiger partial charge in [0.15, 0.2) is 0 Å². The minimum atomic E-state index is -0.372. The summed E-state index contributed by atoms with van der Waals surface area (Å²) in [5, 5.41) is 2.92. The van der Waals surface area contributed by atoms with Crippen molar-refractivity contribution in [2.24, 2.45) is 11.8 Å². The molecule has 1 rings (SSSR count). The van der Waals surface area contributed by atoms with E-state index < -0.39 is 0 Å². The number of rotatable bonds is 5. The quantitative estimate of drug-likeness (QED) is 0.842. The topological polar surface area (TPSA) is 49.4 Å². The maximum atomic E-state index is 12.8. The Hall–Kier alpha value is -1.06. The van der Waals surface area contributed by atoms with E-state index in [1.807, 2.05) is 32.6 Å². The zero-order chi connectivity index (χ0) is 15.7. The normalized spacial score (nSPS) is 24.6. The van der Waals surface area contributed by atoms with E-state index in [-0.39, 0.29) is 35.4 Å². The van der Waals surface area contributed by atoms with E-state index in [1.54, 1.807) is 0 Å². The molecule has 1 saturated heterocycles. The SMILES string of the molecule is CCC(C)(C)N1C(=O)C(CC(C)C)NC(=O)C1C(C)C.